The molecule has 144 valence electrons. The maximum Gasteiger partial charge on any atom is 0.245 e. The Bertz CT molecular complexity index is 678. The summed E-state index contributed by atoms with van der Waals surface area (Å²) in [7, 11) is 0. The molecule has 2 unspecified atom stereocenters. The number of nitrogens with one attached hydrogen (secondary N) is 1. The molecule has 0 bridgehead atoms. The first-order valence-corrected chi connectivity index (χ1v) is 8.54. The summed E-state index contributed by atoms with van der Waals surface area (Å²) in [5.74, 6) is 0.0394. The van der Waals surface area contributed by atoms with Gasteiger partial charge in [-0.2, -0.15) is 0 Å². The molecule has 0 aliphatic carbocycles. The van der Waals surface area contributed by atoms with Crippen LogP contribution >= 0.6 is 12.4 Å². The molecule has 2 atom stereocenters. The highest BCUT2D eigenvalue weighted by atomic mass is 35.5. The van der Waals surface area contributed by atoms with E-state index >= 15 is 0 Å². The van der Waals surface area contributed by atoms with Gasteiger partial charge in [0, 0.05) is 19.0 Å². The molecule has 2 aromatic rings. The fourth-order valence-corrected chi connectivity index (χ4v) is 2.66. The van der Waals surface area contributed by atoms with E-state index in [0.717, 1.165) is 24.8 Å². The average Bonchev–Trinajstić information content (AvgIpc) is 3.03. The highest BCUT2D eigenvalue weighted by Crippen LogP contribution is 2.16. The Morgan fingerprint density at radius 1 is 1.35 bits per heavy atom. The number of carbonyl (C=O) groups is 1. The largest absolute Gasteiger partial charge is 0.350 e. The molecule has 0 aliphatic heterocycles. The number of hydrogen-bond acceptors (Lipinski definition) is 5. The Hall–Kier alpha value is -2.06. The van der Waals surface area contributed by atoms with E-state index in [2.05, 4.69) is 27.8 Å². The molecular formula is C17H26ClFN6O. The Labute approximate surface area is 158 Å². The lowest BCUT2D eigenvalue weighted by molar-refractivity contribution is -0.125. The molecule has 0 spiro atoms. The summed E-state index contributed by atoms with van der Waals surface area (Å²) in [6.07, 6.45) is 3.23. The molecule has 0 aliphatic rings. The molecule has 1 heterocycles. The molecule has 0 saturated heterocycles. The highest BCUT2D eigenvalue weighted by molar-refractivity contribution is 5.85. The Balaban J connectivity index is 0.00000338. The first-order valence-electron chi connectivity index (χ1n) is 8.54. The van der Waals surface area contributed by atoms with Crippen LogP contribution in [0, 0.1) is 12.7 Å². The minimum absolute atomic E-state index is 0. The van der Waals surface area contributed by atoms with Crippen LogP contribution in [-0.2, 0) is 11.2 Å². The number of amides is 1. The van der Waals surface area contributed by atoms with Crippen molar-refractivity contribution in [3.63, 3.8) is 0 Å². The second kappa shape index (κ2) is 10.8. The van der Waals surface area contributed by atoms with Crippen molar-refractivity contribution >= 4 is 18.3 Å². The summed E-state index contributed by atoms with van der Waals surface area (Å²) in [4.78, 5) is 12.8. The fraction of sp³-hybridized carbons (Fsp3) is 0.529. The van der Waals surface area contributed by atoms with Gasteiger partial charge < -0.3 is 11.1 Å². The molecule has 1 aromatic heterocycles. The van der Waals surface area contributed by atoms with Gasteiger partial charge in [-0.15, -0.1) is 17.5 Å². The number of rotatable bonds is 9. The van der Waals surface area contributed by atoms with E-state index in [1.807, 2.05) is 0 Å². The third-order valence-electron chi connectivity index (χ3n) is 4.13. The van der Waals surface area contributed by atoms with Gasteiger partial charge in [0.1, 0.15) is 17.7 Å². The molecule has 1 aromatic carbocycles. The van der Waals surface area contributed by atoms with Crippen LogP contribution in [0.5, 0.6) is 0 Å². The van der Waals surface area contributed by atoms with Crippen molar-refractivity contribution in [2.24, 2.45) is 5.73 Å². The number of aromatic nitrogens is 4. The molecule has 26 heavy (non-hydrogen) atoms. The lowest BCUT2D eigenvalue weighted by atomic mass is 10.0. The molecule has 2 rings (SSSR count). The SMILES string of the molecule is CCCCC(CN)NC(=O)C(Cc1ccc(F)cc1)n1nnnc1C.Cl. The second-order valence-corrected chi connectivity index (χ2v) is 6.10. The molecule has 0 fully saturated rings. The van der Waals surface area contributed by atoms with Gasteiger partial charge in [-0.25, -0.2) is 9.07 Å². The summed E-state index contributed by atoms with van der Waals surface area (Å²) in [6, 6.07) is 5.37. The van der Waals surface area contributed by atoms with Crippen LogP contribution in [0.25, 0.3) is 0 Å². The van der Waals surface area contributed by atoms with Crippen molar-refractivity contribution in [3.05, 3.63) is 41.5 Å². The van der Waals surface area contributed by atoms with E-state index in [4.69, 9.17) is 5.73 Å². The van der Waals surface area contributed by atoms with E-state index in [-0.39, 0.29) is 30.2 Å². The fourth-order valence-electron chi connectivity index (χ4n) is 2.66. The monoisotopic (exact) mass is 384 g/mol. The molecule has 7 nitrogen and oxygen atoms in total. The normalized spacial score (nSPS) is 12.9. The zero-order chi connectivity index (χ0) is 18.2. The third-order valence-corrected chi connectivity index (χ3v) is 4.13. The number of benzene rings is 1. The van der Waals surface area contributed by atoms with E-state index in [0.29, 0.717) is 18.8 Å². The average molecular weight is 385 g/mol. The van der Waals surface area contributed by atoms with Gasteiger partial charge in [-0.05, 0) is 41.5 Å². The number of hydrogen-bond donors (Lipinski definition) is 2. The third kappa shape index (κ3) is 6.03. The van der Waals surface area contributed by atoms with Crippen molar-refractivity contribution in [3.8, 4) is 0 Å². The van der Waals surface area contributed by atoms with Gasteiger partial charge in [-0.3, -0.25) is 4.79 Å². The van der Waals surface area contributed by atoms with Crippen LogP contribution in [-0.4, -0.2) is 38.7 Å². The quantitative estimate of drug-likeness (QED) is 0.688. The van der Waals surface area contributed by atoms with E-state index in [1.165, 1.54) is 16.8 Å². The summed E-state index contributed by atoms with van der Waals surface area (Å²) in [5.41, 5.74) is 6.60. The van der Waals surface area contributed by atoms with Crippen molar-refractivity contribution < 1.29 is 9.18 Å². The summed E-state index contributed by atoms with van der Waals surface area (Å²) >= 11 is 0. The molecule has 0 radical (unpaired) electrons. The minimum Gasteiger partial charge on any atom is -0.350 e. The number of tetrazole rings is 1. The lowest BCUT2D eigenvalue weighted by Crippen LogP contribution is -2.44. The maximum absolute atomic E-state index is 13.1. The maximum atomic E-state index is 13.1. The standard InChI is InChI=1S/C17H25FN6O.ClH/c1-3-4-5-15(11-19)20-17(25)16(24-12(2)21-22-23-24)10-13-6-8-14(18)9-7-13;/h6-9,15-16H,3-5,10-11,19H2,1-2H3,(H,20,25);1H. The molecule has 1 amide bonds. The lowest BCUT2D eigenvalue weighted by Gasteiger charge is -2.22. The summed E-state index contributed by atoms with van der Waals surface area (Å²) in [6.45, 7) is 4.21. The Morgan fingerprint density at radius 3 is 2.58 bits per heavy atom. The predicted octanol–water partition coefficient (Wildman–Crippen LogP) is 1.96. The van der Waals surface area contributed by atoms with Crippen molar-refractivity contribution in [2.75, 3.05) is 6.54 Å². The summed E-state index contributed by atoms with van der Waals surface area (Å²) < 4.78 is 14.6. The zero-order valence-electron chi connectivity index (χ0n) is 15.1. The topological polar surface area (TPSA) is 98.7 Å². The number of unbranched alkanes of at least 4 members (excludes halogenated alkanes) is 1. The van der Waals surface area contributed by atoms with E-state index in [9.17, 15) is 9.18 Å². The predicted molar refractivity (Wildman–Crippen MR) is 99.5 cm³/mol. The second-order valence-electron chi connectivity index (χ2n) is 6.10. The van der Waals surface area contributed by atoms with Gasteiger partial charge in [-0.1, -0.05) is 31.9 Å². The van der Waals surface area contributed by atoms with Crippen LogP contribution in [0.4, 0.5) is 4.39 Å². The van der Waals surface area contributed by atoms with Gasteiger partial charge in [0.05, 0.1) is 0 Å². The number of carbonyl (C=O) groups excluding carboxylic acids is 1. The number of nitrogens with zero attached hydrogens (tertiary/aromatic N) is 4. The van der Waals surface area contributed by atoms with Gasteiger partial charge >= 0.3 is 0 Å². The van der Waals surface area contributed by atoms with E-state index in [1.54, 1.807) is 19.1 Å². The highest BCUT2D eigenvalue weighted by Gasteiger charge is 2.25. The van der Waals surface area contributed by atoms with Crippen molar-refractivity contribution in [2.45, 2.75) is 51.6 Å². The summed E-state index contributed by atoms with van der Waals surface area (Å²) in [5, 5.41) is 14.4. The molecule has 0 saturated carbocycles. The molecule has 3 N–H and O–H groups in total. The molecule has 9 heteroatoms. The van der Waals surface area contributed by atoms with Crippen LogP contribution in [0.3, 0.4) is 0 Å². The minimum atomic E-state index is -0.615. The first kappa shape index (κ1) is 22.0. The number of halogens is 2. The Morgan fingerprint density at radius 2 is 2.04 bits per heavy atom. The van der Waals surface area contributed by atoms with Crippen molar-refractivity contribution in [1.29, 1.82) is 0 Å². The van der Waals surface area contributed by atoms with E-state index < -0.39 is 6.04 Å². The zero-order valence-corrected chi connectivity index (χ0v) is 15.9. The molecular weight excluding hydrogens is 359 g/mol. The van der Waals surface area contributed by atoms with Crippen LogP contribution in [0.2, 0.25) is 0 Å². The van der Waals surface area contributed by atoms with Crippen LogP contribution < -0.4 is 11.1 Å². The number of aryl methyl sites for hydroxylation is 1. The van der Waals surface area contributed by atoms with Crippen LogP contribution in [0.15, 0.2) is 24.3 Å². The van der Waals surface area contributed by atoms with Crippen LogP contribution in [0.1, 0.15) is 43.6 Å². The first-order chi connectivity index (χ1) is 12.0. The van der Waals surface area contributed by atoms with Gasteiger partial charge in [0.2, 0.25) is 5.91 Å². The smallest absolute Gasteiger partial charge is 0.245 e. The van der Waals surface area contributed by atoms with Gasteiger partial charge in [0.25, 0.3) is 0 Å². The van der Waals surface area contributed by atoms with Crippen molar-refractivity contribution in [1.82, 2.24) is 25.5 Å². The van der Waals surface area contributed by atoms with Gasteiger partial charge in [0.15, 0.2) is 0 Å². The Kier molecular flexibility index (Phi) is 9.15. The number of nitrogens with two attached hydrogens (primary N) is 1.